The molecule has 3 rings (SSSR count). The molecule has 0 saturated heterocycles. The first-order chi connectivity index (χ1) is 12.1. The molecule has 0 saturated carbocycles. The second-order valence-electron chi connectivity index (χ2n) is 6.36. The van der Waals surface area contributed by atoms with Crippen LogP contribution in [0.25, 0.3) is 0 Å². The molecule has 5 nitrogen and oxygen atoms in total. The van der Waals surface area contributed by atoms with Crippen molar-refractivity contribution in [1.82, 2.24) is 0 Å². The van der Waals surface area contributed by atoms with E-state index in [1.165, 1.54) is 0 Å². The van der Waals surface area contributed by atoms with Gasteiger partial charge in [-0.2, -0.15) is 0 Å². The van der Waals surface area contributed by atoms with Crippen molar-refractivity contribution in [2.75, 3.05) is 11.9 Å². The number of benzene rings is 1. The van der Waals surface area contributed by atoms with E-state index in [4.69, 9.17) is 8.83 Å². The van der Waals surface area contributed by atoms with Crippen LogP contribution in [0.1, 0.15) is 22.6 Å². The average Bonchev–Trinajstić information content (AvgIpc) is 3.19. The Labute approximate surface area is 147 Å². The van der Waals surface area contributed by atoms with Gasteiger partial charge < -0.3 is 19.1 Å². The van der Waals surface area contributed by atoms with E-state index in [9.17, 15) is 4.79 Å². The molecule has 130 valence electrons. The third-order valence-electron chi connectivity index (χ3n) is 3.92. The Morgan fingerprint density at radius 3 is 2.00 bits per heavy atom. The largest absolute Gasteiger partial charge is 0.463 e. The Morgan fingerprint density at radius 1 is 0.960 bits per heavy atom. The molecular formula is C20H23N2O3+. The summed E-state index contributed by atoms with van der Waals surface area (Å²) in [6, 6.07) is 13.6. The van der Waals surface area contributed by atoms with Gasteiger partial charge in [-0.15, -0.1) is 0 Å². The summed E-state index contributed by atoms with van der Waals surface area (Å²) in [4.78, 5) is 13.6. The minimum absolute atomic E-state index is 0.0295. The summed E-state index contributed by atoms with van der Waals surface area (Å²) in [6.07, 6.45) is 3.30. The standard InChI is InChI=1S/C20H22N2O3/c1-15-9-16(2)11-17(10-15)21-20(23)14-22(12-18-5-3-7-24-18)13-19-6-4-8-25-19/h3-11H,12-14H2,1-2H3,(H,21,23)/p+1. The lowest BCUT2D eigenvalue weighted by Crippen LogP contribution is -3.10. The third-order valence-corrected chi connectivity index (χ3v) is 3.92. The minimum atomic E-state index is -0.0295. The number of hydrogen-bond acceptors (Lipinski definition) is 3. The van der Waals surface area contributed by atoms with Gasteiger partial charge in [-0.25, -0.2) is 0 Å². The van der Waals surface area contributed by atoms with Gasteiger partial charge >= 0.3 is 0 Å². The molecule has 2 N–H and O–H groups in total. The number of carbonyl (C=O) groups excluding carboxylic acids is 1. The number of nitrogens with one attached hydrogen (secondary N) is 2. The molecule has 0 aliphatic heterocycles. The van der Waals surface area contributed by atoms with Gasteiger partial charge in [0.25, 0.3) is 5.91 Å². The molecule has 0 unspecified atom stereocenters. The van der Waals surface area contributed by atoms with Crippen molar-refractivity contribution < 1.29 is 18.5 Å². The SMILES string of the molecule is Cc1cc(C)cc(NC(=O)C[NH+](Cc2ccco2)Cc2ccco2)c1. The highest BCUT2D eigenvalue weighted by atomic mass is 16.3. The van der Waals surface area contributed by atoms with Crippen molar-refractivity contribution in [3.8, 4) is 0 Å². The van der Waals surface area contributed by atoms with Gasteiger partial charge in [0.15, 0.2) is 18.1 Å². The lowest BCUT2D eigenvalue weighted by atomic mass is 10.1. The topological polar surface area (TPSA) is 59.8 Å². The highest BCUT2D eigenvalue weighted by molar-refractivity contribution is 5.91. The fourth-order valence-corrected chi connectivity index (χ4v) is 2.99. The summed E-state index contributed by atoms with van der Waals surface area (Å²) >= 11 is 0. The van der Waals surface area contributed by atoms with Crippen LogP contribution in [0.5, 0.6) is 0 Å². The quantitative estimate of drug-likeness (QED) is 0.696. The predicted molar refractivity (Wildman–Crippen MR) is 95.2 cm³/mol. The summed E-state index contributed by atoms with van der Waals surface area (Å²) in [5.41, 5.74) is 3.09. The molecule has 3 aromatic rings. The van der Waals surface area contributed by atoms with Crippen LogP contribution in [0.15, 0.2) is 63.8 Å². The van der Waals surface area contributed by atoms with Crippen LogP contribution in [0.3, 0.4) is 0 Å². The number of anilines is 1. The fraction of sp³-hybridized carbons (Fsp3) is 0.250. The first-order valence-electron chi connectivity index (χ1n) is 8.35. The number of aryl methyl sites for hydroxylation is 2. The number of carbonyl (C=O) groups is 1. The molecule has 0 spiro atoms. The molecule has 25 heavy (non-hydrogen) atoms. The van der Waals surface area contributed by atoms with Gasteiger partial charge in [-0.1, -0.05) is 6.07 Å². The number of amides is 1. The summed E-state index contributed by atoms with van der Waals surface area (Å²) in [5, 5.41) is 2.99. The van der Waals surface area contributed by atoms with Gasteiger partial charge in [0.1, 0.15) is 13.1 Å². The molecular weight excluding hydrogens is 316 g/mol. The van der Waals surface area contributed by atoms with E-state index in [1.807, 2.05) is 50.2 Å². The molecule has 1 aromatic carbocycles. The second-order valence-corrected chi connectivity index (χ2v) is 6.36. The van der Waals surface area contributed by atoms with Crippen LogP contribution >= 0.6 is 0 Å². The van der Waals surface area contributed by atoms with Crippen LogP contribution in [-0.4, -0.2) is 12.5 Å². The van der Waals surface area contributed by atoms with Crippen molar-refractivity contribution in [3.63, 3.8) is 0 Å². The average molecular weight is 339 g/mol. The van der Waals surface area contributed by atoms with Crippen molar-refractivity contribution in [3.05, 3.63) is 77.6 Å². The molecule has 0 fully saturated rings. The Hall–Kier alpha value is -2.79. The van der Waals surface area contributed by atoms with Crippen LogP contribution in [0, 0.1) is 13.8 Å². The van der Waals surface area contributed by atoms with Gasteiger partial charge in [-0.3, -0.25) is 4.79 Å². The maximum atomic E-state index is 12.5. The monoisotopic (exact) mass is 339 g/mol. The minimum Gasteiger partial charge on any atom is -0.463 e. The smallest absolute Gasteiger partial charge is 0.279 e. The van der Waals surface area contributed by atoms with Gasteiger partial charge in [0.05, 0.1) is 12.5 Å². The Bertz CT molecular complexity index is 751. The summed E-state index contributed by atoms with van der Waals surface area (Å²) in [6.45, 7) is 5.61. The molecule has 0 radical (unpaired) electrons. The van der Waals surface area contributed by atoms with Gasteiger partial charge in [0.2, 0.25) is 0 Å². The van der Waals surface area contributed by atoms with Crippen molar-refractivity contribution in [2.24, 2.45) is 0 Å². The normalized spacial score (nSPS) is 11.0. The Balaban J connectivity index is 1.66. The van der Waals surface area contributed by atoms with Gasteiger partial charge in [0, 0.05) is 5.69 Å². The van der Waals surface area contributed by atoms with Gasteiger partial charge in [-0.05, 0) is 61.4 Å². The lowest BCUT2D eigenvalue weighted by molar-refractivity contribution is -0.921. The van der Waals surface area contributed by atoms with Crippen molar-refractivity contribution in [1.29, 1.82) is 0 Å². The van der Waals surface area contributed by atoms with E-state index in [0.29, 0.717) is 19.6 Å². The molecule has 0 aliphatic carbocycles. The Kier molecular flexibility index (Phi) is 5.36. The number of hydrogen-bond donors (Lipinski definition) is 2. The molecule has 0 bridgehead atoms. The van der Waals surface area contributed by atoms with Crippen LogP contribution in [-0.2, 0) is 17.9 Å². The molecule has 2 aromatic heterocycles. The maximum Gasteiger partial charge on any atom is 0.279 e. The molecule has 2 heterocycles. The van der Waals surface area contributed by atoms with Crippen molar-refractivity contribution >= 4 is 11.6 Å². The summed E-state index contributed by atoms with van der Waals surface area (Å²) in [5.74, 6) is 1.67. The van der Waals surface area contributed by atoms with Crippen LogP contribution in [0.4, 0.5) is 5.69 Å². The molecule has 5 heteroatoms. The maximum absolute atomic E-state index is 12.5. The van der Waals surface area contributed by atoms with E-state index < -0.39 is 0 Å². The Morgan fingerprint density at radius 2 is 1.52 bits per heavy atom. The fourth-order valence-electron chi connectivity index (χ4n) is 2.99. The number of furan rings is 2. The number of quaternary nitrogens is 1. The van der Waals surface area contributed by atoms with Crippen molar-refractivity contribution in [2.45, 2.75) is 26.9 Å². The van der Waals surface area contributed by atoms with E-state index in [-0.39, 0.29) is 5.91 Å². The lowest BCUT2D eigenvalue weighted by Gasteiger charge is -2.17. The zero-order valence-corrected chi connectivity index (χ0v) is 14.5. The highest BCUT2D eigenvalue weighted by Crippen LogP contribution is 2.13. The van der Waals surface area contributed by atoms with E-state index in [1.54, 1.807) is 12.5 Å². The van der Waals surface area contributed by atoms with E-state index >= 15 is 0 Å². The van der Waals surface area contributed by atoms with E-state index in [0.717, 1.165) is 33.2 Å². The summed E-state index contributed by atoms with van der Waals surface area (Å²) < 4.78 is 10.9. The molecule has 1 amide bonds. The first kappa shape index (κ1) is 17.0. The highest BCUT2D eigenvalue weighted by Gasteiger charge is 2.18. The first-order valence-corrected chi connectivity index (χ1v) is 8.35. The zero-order valence-electron chi connectivity index (χ0n) is 14.5. The summed E-state index contributed by atoms with van der Waals surface area (Å²) in [7, 11) is 0. The van der Waals surface area contributed by atoms with Crippen LogP contribution < -0.4 is 10.2 Å². The second kappa shape index (κ2) is 7.85. The predicted octanol–water partition coefficient (Wildman–Crippen LogP) is 2.71. The zero-order chi connectivity index (χ0) is 17.6. The molecule has 0 aliphatic rings. The van der Waals surface area contributed by atoms with Crippen LogP contribution in [0.2, 0.25) is 0 Å². The molecule has 0 atom stereocenters. The van der Waals surface area contributed by atoms with E-state index in [2.05, 4.69) is 11.4 Å². The number of rotatable bonds is 7. The third kappa shape index (κ3) is 5.09.